The summed E-state index contributed by atoms with van der Waals surface area (Å²) in [5.74, 6) is 0.341. The SMILES string of the molecule is C#CCCC[C@H](NC(=O)[C@@H](NC(=O)OCc1ccccc1)[C@@H](C)O)C(=O)O. The summed E-state index contributed by atoms with van der Waals surface area (Å²) in [5.41, 5.74) is 0.755. The average molecular weight is 376 g/mol. The van der Waals surface area contributed by atoms with Crippen molar-refractivity contribution in [2.45, 2.75) is 51.0 Å². The monoisotopic (exact) mass is 376 g/mol. The number of ether oxygens (including phenoxy) is 1. The lowest BCUT2D eigenvalue weighted by molar-refractivity contribution is -0.142. The lowest BCUT2D eigenvalue weighted by Crippen LogP contribution is -2.55. The minimum absolute atomic E-state index is 0.00926. The number of carboxylic acid groups (broad SMARTS) is 1. The van der Waals surface area contributed by atoms with Crippen molar-refractivity contribution in [1.29, 1.82) is 0 Å². The Morgan fingerprint density at radius 3 is 2.44 bits per heavy atom. The highest BCUT2D eigenvalue weighted by Gasteiger charge is 2.29. The molecule has 0 radical (unpaired) electrons. The van der Waals surface area contributed by atoms with Gasteiger partial charge in [-0.1, -0.05) is 30.3 Å². The zero-order chi connectivity index (χ0) is 20.2. The van der Waals surface area contributed by atoms with E-state index in [1.54, 1.807) is 24.3 Å². The van der Waals surface area contributed by atoms with Gasteiger partial charge >= 0.3 is 12.1 Å². The summed E-state index contributed by atoms with van der Waals surface area (Å²) < 4.78 is 5.01. The maximum absolute atomic E-state index is 12.3. The number of carboxylic acids is 1. The zero-order valence-electron chi connectivity index (χ0n) is 15.1. The topological polar surface area (TPSA) is 125 Å². The van der Waals surface area contributed by atoms with Gasteiger partial charge in [0.2, 0.25) is 5.91 Å². The van der Waals surface area contributed by atoms with E-state index in [1.165, 1.54) is 6.92 Å². The number of amides is 2. The van der Waals surface area contributed by atoms with E-state index in [9.17, 15) is 24.6 Å². The molecule has 8 heteroatoms. The molecule has 0 aliphatic rings. The first-order chi connectivity index (χ1) is 12.8. The molecule has 0 aromatic heterocycles. The van der Waals surface area contributed by atoms with Crippen LogP contribution in [0, 0.1) is 12.3 Å². The van der Waals surface area contributed by atoms with E-state index in [-0.39, 0.29) is 13.0 Å². The molecular formula is C19H24N2O6. The molecule has 0 saturated heterocycles. The van der Waals surface area contributed by atoms with Crippen LogP contribution >= 0.6 is 0 Å². The van der Waals surface area contributed by atoms with Gasteiger partial charge < -0.3 is 25.6 Å². The molecule has 0 bridgehead atoms. The number of hydrogen-bond acceptors (Lipinski definition) is 5. The third-order valence-electron chi connectivity index (χ3n) is 3.68. The predicted octanol–water partition coefficient (Wildman–Crippen LogP) is 1.04. The summed E-state index contributed by atoms with van der Waals surface area (Å²) in [6.45, 7) is 1.29. The van der Waals surface area contributed by atoms with Crippen LogP contribution in [0.2, 0.25) is 0 Å². The van der Waals surface area contributed by atoms with Gasteiger partial charge in [0.25, 0.3) is 0 Å². The first-order valence-corrected chi connectivity index (χ1v) is 8.47. The van der Waals surface area contributed by atoms with Crippen LogP contribution < -0.4 is 10.6 Å². The summed E-state index contributed by atoms with van der Waals surface area (Å²) >= 11 is 0. The van der Waals surface area contributed by atoms with E-state index in [0.29, 0.717) is 12.8 Å². The predicted molar refractivity (Wildman–Crippen MR) is 97.5 cm³/mol. The highest BCUT2D eigenvalue weighted by molar-refractivity contribution is 5.89. The molecule has 0 fully saturated rings. The van der Waals surface area contributed by atoms with Crippen LogP contribution in [0.5, 0.6) is 0 Å². The van der Waals surface area contributed by atoms with Crippen LogP contribution in [0.3, 0.4) is 0 Å². The van der Waals surface area contributed by atoms with Gasteiger partial charge in [-0.3, -0.25) is 4.79 Å². The van der Waals surface area contributed by atoms with Crippen LogP contribution in [-0.2, 0) is 20.9 Å². The average Bonchev–Trinajstić information content (AvgIpc) is 2.64. The fraction of sp³-hybridized carbons (Fsp3) is 0.421. The van der Waals surface area contributed by atoms with Gasteiger partial charge in [-0.2, -0.15) is 0 Å². The first-order valence-electron chi connectivity index (χ1n) is 8.47. The van der Waals surface area contributed by atoms with Crippen molar-refractivity contribution in [3.63, 3.8) is 0 Å². The number of rotatable bonds is 10. The second-order valence-corrected chi connectivity index (χ2v) is 5.92. The third-order valence-corrected chi connectivity index (χ3v) is 3.68. The first kappa shape index (κ1) is 22.0. The number of unbranched alkanes of at least 4 members (excludes halogenated alkanes) is 1. The van der Waals surface area contributed by atoms with Crippen LogP contribution in [-0.4, -0.2) is 46.4 Å². The molecule has 2 amide bonds. The normalized spacial score (nSPS) is 13.5. The number of nitrogens with one attached hydrogen (secondary N) is 2. The lowest BCUT2D eigenvalue weighted by atomic mass is 10.1. The van der Waals surface area contributed by atoms with E-state index >= 15 is 0 Å². The van der Waals surface area contributed by atoms with Gasteiger partial charge in [0.1, 0.15) is 18.7 Å². The molecular weight excluding hydrogens is 352 g/mol. The third kappa shape index (κ3) is 8.25. The Kier molecular flexibility index (Phi) is 9.40. The Morgan fingerprint density at radius 1 is 1.22 bits per heavy atom. The number of hydrogen-bond donors (Lipinski definition) is 4. The minimum Gasteiger partial charge on any atom is -0.480 e. The number of aliphatic carboxylic acids is 1. The summed E-state index contributed by atoms with van der Waals surface area (Å²) in [4.78, 5) is 35.5. The molecule has 0 saturated carbocycles. The van der Waals surface area contributed by atoms with Crippen molar-refractivity contribution in [3.8, 4) is 12.3 Å². The maximum atomic E-state index is 12.3. The molecule has 27 heavy (non-hydrogen) atoms. The highest BCUT2D eigenvalue weighted by atomic mass is 16.5. The summed E-state index contributed by atoms with van der Waals surface area (Å²) in [7, 11) is 0. The van der Waals surface area contributed by atoms with Crippen LogP contribution in [0.1, 0.15) is 31.7 Å². The fourth-order valence-corrected chi connectivity index (χ4v) is 2.22. The summed E-state index contributed by atoms with van der Waals surface area (Å²) in [6, 6.07) is 6.39. The smallest absolute Gasteiger partial charge is 0.408 e. The Hall–Kier alpha value is -3.05. The van der Waals surface area contributed by atoms with E-state index < -0.39 is 36.2 Å². The van der Waals surface area contributed by atoms with Gasteiger partial charge in [-0.15, -0.1) is 12.3 Å². The Morgan fingerprint density at radius 2 is 1.89 bits per heavy atom. The molecule has 146 valence electrons. The Balaban J connectivity index is 2.61. The van der Waals surface area contributed by atoms with Crippen molar-refractivity contribution in [2.75, 3.05) is 0 Å². The molecule has 0 aliphatic carbocycles. The number of carbonyl (C=O) groups excluding carboxylic acids is 2. The number of aliphatic hydroxyl groups excluding tert-OH is 1. The van der Waals surface area contributed by atoms with Gasteiger partial charge in [-0.05, 0) is 25.3 Å². The Labute approximate surface area is 157 Å². The van der Waals surface area contributed by atoms with E-state index in [0.717, 1.165) is 5.56 Å². The van der Waals surface area contributed by atoms with Gasteiger partial charge in [-0.25, -0.2) is 9.59 Å². The van der Waals surface area contributed by atoms with E-state index in [2.05, 4.69) is 16.6 Å². The zero-order valence-corrected chi connectivity index (χ0v) is 15.1. The van der Waals surface area contributed by atoms with E-state index in [4.69, 9.17) is 11.2 Å². The van der Waals surface area contributed by atoms with Crippen molar-refractivity contribution < 1.29 is 29.3 Å². The number of terminal acetylenes is 1. The molecule has 0 spiro atoms. The minimum atomic E-state index is -1.36. The fourth-order valence-electron chi connectivity index (χ4n) is 2.22. The molecule has 1 aromatic rings. The van der Waals surface area contributed by atoms with Gasteiger partial charge in [0.15, 0.2) is 0 Å². The van der Waals surface area contributed by atoms with Crippen molar-refractivity contribution in [1.82, 2.24) is 10.6 Å². The number of aliphatic hydroxyl groups is 1. The molecule has 0 unspecified atom stereocenters. The molecule has 3 atom stereocenters. The highest BCUT2D eigenvalue weighted by Crippen LogP contribution is 2.04. The molecule has 0 heterocycles. The number of carbonyl (C=O) groups is 3. The summed E-state index contributed by atoms with van der Waals surface area (Å²) in [6.07, 6.45) is 3.90. The molecule has 0 aliphatic heterocycles. The Bertz CT molecular complexity index is 669. The lowest BCUT2D eigenvalue weighted by Gasteiger charge is -2.23. The number of alkyl carbamates (subject to hydrolysis) is 1. The van der Waals surface area contributed by atoms with E-state index in [1.807, 2.05) is 6.07 Å². The molecule has 8 nitrogen and oxygen atoms in total. The quantitative estimate of drug-likeness (QED) is 0.357. The van der Waals surface area contributed by atoms with Crippen molar-refractivity contribution in [3.05, 3.63) is 35.9 Å². The van der Waals surface area contributed by atoms with Crippen LogP contribution in [0.25, 0.3) is 0 Å². The van der Waals surface area contributed by atoms with Crippen molar-refractivity contribution >= 4 is 18.0 Å². The number of benzene rings is 1. The molecule has 4 N–H and O–H groups in total. The largest absolute Gasteiger partial charge is 0.480 e. The molecule has 1 aromatic carbocycles. The van der Waals surface area contributed by atoms with Crippen LogP contribution in [0.15, 0.2) is 30.3 Å². The van der Waals surface area contributed by atoms with Crippen molar-refractivity contribution in [2.24, 2.45) is 0 Å². The standard InChI is InChI=1S/C19H24N2O6/c1-3-4-6-11-15(18(24)25)20-17(23)16(13(2)22)21-19(26)27-12-14-9-7-5-8-10-14/h1,5,7-10,13,15-16,22H,4,6,11-12H2,2H3,(H,20,23)(H,21,26)(H,24,25)/t13-,15+,16+/m1/s1. The maximum Gasteiger partial charge on any atom is 0.408 e. The second-order valence-electron chi connectivity index (χ2n) is 5.92. The summed E-state index contributed by atoms with van der Waals surface area (Å²) in [5, 5.41) is 23.5. The van der Waals surface area contributed by atoms with Gasteiger partial charge in [0, 0.05) is 6.42 Å². The van der Waals surface area contributed by atoms with Gasteiger partial charge in [0.05, 0.1) is 6.10 Å². The molecule has 1 rings (SSSR count). The van der Waals surface area contributed by atoms with Crippen LogP contribution in [0.4, 0.5) is 4.79 Å². The second kappa shape index (κ2) is 11.5.